The number of rotatable bonds is 4. The van der Waals surface area contributed by atoms with Crippen LogP contribution in [-0.4, -0.2) is 45.8 Å². The summed E-state index contributed by atoms with van der Waals surface area (Å²) in [5, 5.41) is 18.1. The number of aliphatic hydroxyl groups is 1. The molecule has 6 nitrogen and oxygen atoms in total. The van der Waals surface area contributed by atoms with Gasteiger partial charge in [-0.2, -0.15) is 0 Å². The molecular weight excluding hydrogens is 234 g/mol. The molecule has 1 aromatic rings. The van der Waals surface area contributed by atoms with E-state index in [1.165, 1.54) is 6.20 Å². The van der Waals surface area contributed by atoms with E-state index in [1.807, 2.05) is 11.9 Å². The van der Waals surface area contributed by atoms with Gasteiger partial charge in [0.2, 0.25) is 5.95 Å². The smallest absolute Gasteiger partial charge is 0.339 e. The Morgan fingerprint density at radius 1 is 1.56 bits per heavy atom. The first-order valence-electron chi connectivity index (χ1n) is 5.93. The van der Waals surface area contributed by atoms with E-state index in [2.05, 4.69) is 9.97 Å². The summed E-state index contributed by atoms with van der Waals surface area (Å²) in [6.45, 7) is 2.44. The second-order valence-electron chi connectivity index (χ2n) is 4.85. The third kappa shape index (κ3) is 2.59. The minimum Gasteiger partial charge on any atom is -0.478 e. The van der Waals surface area contributed by atoms with Crippen molar-refractivity contribution in [3.63, 3.8) is 0 Å². The van der Waals surface area contributed by atoms with E-state index in [4.69, 9.17) is 5.11 Å². The SMILES string of the molecule is Cc1nc(N(C)CC2CC(O)C2)ncc1C(=O)O. The predicted octanol–water partition coefficient (Wildman–Crippen LogP) is 0.690. The predicted molar refractivity (Wildman–Crippen MR) is 65.7 cm³/mol. The quantitative estimate of drug-likeness (QED) is 0.818. The Morgan fingerprint density at radius 2 is 2.22 bits per heavy atom. The molecule has 1 aliphatic carbocycles. The largest absolute Gasteiger partial charge is 0.478 e. The molecule has 1 aliphatic rings. The van der Waals surface area contributed by atoms with Crippen LogP contribution in [0.2, 0.25) is 0 Å². The highest BCUT2D eigenvalue weighted by atomic mass is 16.4. The molecule has 1 fully saturated rings. The maximum absolute atomic E-state index is 10.9. The second-order valence-corrected chi connectivity index (χ2v) is 4.85. The van der Waals surface area contributed by atoms with Crippen molar-refractivity contribution in [3.8, 4) is 0 Å². The Hall–Kier alpha value is -1.69. The molecule has 0 unspecified atom stereocenters. The van der Waals surface area contributed by atoms with E-state index in [0.29, 0.717) is 17.6 Å². The van der Waals surface area contributed by atoms with Gasteiger partial charge in [-0.3, -0.25) is 0 Å². The first-order chi connectivity index (χ1) is 8.47. The lowest BCUT2D eigenvalue weighted by Gasteiger charge is -2.34. The fourth-order valence-corrected chi connectivity index (χ4v) is 2.17. The summed E-state index contributed by atoms with van der Waals surface area (Å²) < 4.78 is 0. The van der Waals surface area contributed by atoms with Crippen LogP contribution in [0.5, 0.6) is 0 Å². The van der Waals surface area contributed by atoms with Crippen molar-refractivity contribution in [2.45, 2.75) is 25.9 Å². The third-order valence-corrected chi connectivity index (χ3v) is 3.28. The van der Waals surface area contributed by atoms with Crippen LogP contribution in [-0.2, 0) is 0 Å². The summed E-state index contributed by atoms with van der Waals surface area (Å²) in [6.07, 6.45) is 2.81. The van der Waals surface area contributed by atoms with E-state index >= 15 is 0 Å². The van der Waals surface area contributed by atoms with Gasteiger partial charge in [-0.15, -0.1) is 0 Å². The summed E-state index contributed by atoms with van der Waals surface area (Å²) in [5.74, 6) is -0.0178. The number of carboxylic acid groups (broad SMARTS) is 1. The lowest BCUT2D eigenvalue weighted by Crippen LogP contribution is -2.37. The van der Waals surface area contributed by atoms with Crippen LogP contribution in [0.15, 0.2) is 6.20 Å². The number of nitrogens with zero attached hydrogens (tertiary/aromatic N) is 3. The van der Waals surface area contributed by atoms with Gasteiger partial charge in [-0.25, -0.2) is 14.8 Å². The lowest BCUT2D eigenvalue weighted by atomic mass is 9.82. The Kier molecular flexibility index (Phi) is 3.47. The van der Waals surface area contributed by atoms with Crippen LogP contribution in [0.25, 0.3) is 0 Å². The van der Waals surface area contributed by atoms with E-state index in [0.717, 1.165) is 19.4 Å². The van der Waals surface area contributed by atoms with E-state index < -0.39 is 5.97 Å². The molecule has 0 atom stereocenters. The van der Waals surface area contributed by atoms with Crippen molar-refractivity contribution in [2.24, 2.45) is 5.92 Å². The van der Waals surface area contributed by atoms with E-state index in [9.17, 15) is 9.90 Å². The van der Waals surface area contributed by atoms with Crippen LogP contribution in [0, 0.1) is 12.8 Å². The standard InChI is InChI=1S/C12H17N3O3/c1-7-10(11(17)18)5-13-12(14-7)15(2)6-8-3-9(16)4-8/h5,8-9,16H,3-4,6H2,1-2H3,(H,17,18). The molecule has 0 saturated heterocycles. The van der Waals surface area contributed by atoms with Crippen molar-refractivity contribution < 1.29 is 15.0 Å². The molecule has 0 bridgehead atoms. The summed E-state index contributed by atoms with van der Waals surface area (Å²) >= 11 is 0. The first-order valence-corrected chi connectivity index (χ1v) is 5.93. The molecule has 6 heteroatoms. The number of aromatic nitrogens is 2. The van der Waals surface area contributed by atoms with Crippen LogP contribution in [0.4, 0.5) is 5.95 Å². The molecule has 1 aromatic heterocycles. The van der Waals surface area contributed by atoms with Crippen LogP contribution in [0.3, 0.4) is 0 Å². The molecule has 98 valence electrons. The molecule has 1 heterocycles. The maximum atomic E-state index is 10.9. The normalized spacial score (nSPS) is 22.4. The topological polar surface area (TPSA) is 86.5 Å². The number of aromatic carboxylic acids is 1. The van der Waals surface area contributed by atoms with Crippen LogP contribution < -0.4 is 4.90 Å². The monoisotopic (exact) mass is 251 g/mol. The van der Waals surface area contributed by atoms with Gasteiger partial charge in [0.25, 0.3) is 0 Å². The van der Waals surface area contributed by atoms with Crippen molar-refractivity contribution >= 4 is 11.9 Å². The second kappa shape index (κ2) is 4.89. The van der Waals surface area contributed by atoms with Gasteiger partial charge in [0, 0.05) is 19.8 Å². The molecule has 0 spiro atoms. The van der Waals surface area contributed by atoms with Gasteiger partial charge in [0.15, 0.2) is 0 Å². The Balaban J connectivity index is 2.04. The summed E-state index contributed by atoms with van der Waals surface area (Å²) in [6, 6.07) is 0. The molecule has 0 aliphatic heterocycles. The zero-order chi connectivity index (χ0) is 13.3. The van der Waals surface area contributed by atoms with Crippen LogP contribution >= 0.6 is 0 Å². The molecule has 18 heavy (non-hydrogen) atoms. The van der Waals surface area contributed by atoms with Crippen LogP contribution in [0.1, 0.15) is 28.9 Å². The summed E-state index contributed by atoms with van der Waals surface area (Å²) in [4.78, 5) is 21.0. The van der Waals surface area contributed by atoms with Gasteiger partial charge in [-0.1, -0.05) is 0 Å². The molecule has 0 amide bonds. The third-order valence-electron chi connectivity index (χ3n) is 3.28. The molecule has 0 radical (unpaired) electrons. The Morgan fingerprint density at radius 3 is 2.72 bits per heavy atom. The minimum absolute atomic E-state index is 0.131. The number of aliphatic hydroxyl groups excluding tert-OH is 1. The average molecular weight is 251 g/mol. The number of aryl methyl sites for hydroxylation is 1. The number of carbonyl (C=O) groups is 1. The first kappa shape index (κ1) is 12.8. The number of hydrogen-bond donors (Lipinski definition) is 2. The molecule has 1 saturated carbocycles. The van der Waals surface area contributed by atoms with Crippen molar-refractivity contribution in [2.75, 3.05) is 18.5 Å². The number of carboxylic acids is 1. The zero-order valence-corrected chi connectivity index (χ0v) is 10.5. The number of anilines is 1. The van der Waals surface area contributed by atoms with E-state index in [-0.39, 0.29) is 11.7 Å². The maximum Gasteiger partial charge on any atom is 0.339 e. The van der Waals surface area contributed by atoms with Crippen molar-refractivity contribution in [3.05, 3.63) is 17.5 Å². The van der Waals surface area contributed by atoms with Crippen molar-refractivity contribution in [1.82, 2.24) is 9.97 Å². The molecule has 2 rings (SSSR count). The Bertz CT molecular complexity index is 458. The lowest BCUT2D eigenvalue weighted by molar-refractivity contribution is 0.0463. The van der Waals surface area contributed by atoms with Crippen molar-refractivity contribution in [1.29, 1.82) is 0 Å². The van der Waals surface area contributed by atoms with Gasteiger partial charge >= 0.3 is 5.97 Å². The fourth-order valence-electron chi connectivity index (χ4n) is 2.17. The highest BCUT2D eigenvalue weighted by Crippen LogP contribution is 2.28. The van der Waals surface area contributed by atoms with E-state index in [1.54, 1.807) is 6.92 Å². The van der Waals surface area contributed by atoms with Gasteiger partial charge in [0.05, 0.1) is 17.4 Å². The number of hydrogen-bond acceptors (Lipinski definition) is 5. The zero-order valence-electron chi connectivity index (χ0n) is 10.5. The van der Waals surface area contributed by atoms with Gasteiger partial charge < -0.3 is 15.1 Å². The summed E-state index contributed by atoms with van der Waals surface area (Å²) in [7, 11) is 1.87. The average Bonchev–Trinajstić information content (AvgIpc) is 2.26. The van der Waals surface area contributed by atoms with Gasteiger partial charge in [0.1, 0.15) is 0 Å². The molecular formula is C12H17N3O3. The molecule has 2 N–H and O–H groups in total. The highest BCUT2D eigenvalue weighted by Gasteiger charge is 2.28. The fraction of sp³-hybridized carbons (Fsp3) is 0.583. The van der Waals surface area contributed by atoms with Gasteiger partial charge in [-0.05, 0) is 25.7 Å². The minimum atomic E-state index is -1.01. The highest BCUT2D eigenvalue weighted by molar-refractivity contribution is 5.88. The Labute approximate surface area is 105 Å². The molecule has 0 aromatic carbocycles. The summed E-state index contributed by atoms with van der Waals surface area (Å²) in [5.41, 5.74) is 0.596.